The number of nitrogens with one attached hydrogen (secondary N) is 1. The summed E-state index contributed by atoms with van der Waals surface area (Å²) in [5.41, 5.74) is 5.81. The first-order chi connectivity index (χ1) is 7.49. The van der Waals surface area contributed by atoms with Crippen molar-refractivity contribution < 1.29 is 7.54 Å². The molecule has 0 aliphatic carbocycles. The molecule has 0 aromatic heterocycles. The molecule has 0 spiro atoms. The van der Waals surface area contributed by atoms with E-state index in [9.17, 15) is 4.79 Å². The van der Waals surface area contributed by atoms with Gasteiger partial charge in [-0.05, 0) is 5.56 Å². The normalized spacial score (nSPS) is 13.7. The number of carbonyl (C=O) groups excluding carboxylic acids is 1. The van der Waals surface area contributed by atoms with Gasteiger partial charge in [-0.1, -0.05) is 42.5 Å². The first-order valence-electron chi connectivity index (χ1n) is 5.27. The second-order valence-corrected chi connectivity index (χ2v) is 2.71. The Balaban J connectivity index is 2.58. The molecule has 0 fully saturated rings. The van der Waals surface area contributed by atoms with Crippen molar-refractivity contribution in [2.75, 3.05) is 13.0 Å². The van der Waals surface area contributed by atoms with E-state index in [1.54, 1.807) is 6.08 Å². The lowest BCUT2D eigenvalue weighted by atomic mass is 10.2. The molecule has 74 valence electrons. The predicted molar refractivity (Wildman–Crippen MR) is 57.5 cm³/mol. The Morgan fingerprint density at radius 3 is 2.86 bits per heavy atom. The van der Waals surface area contributed by atoms with Gasteiger partial charge in [-0.25, -0.2) is 0 Å². The lowest BCUT2D eigenvalue weighted by Gasteiger charge is -1.95. The van der Waals surface area contributed by atoms with Gasteiger partial charge in [-0.2, -0.15) is 0 Å². The van der Waals surface area contributed by atoms with Gasteiger partial charge in [0.1, 0.15) is 0 Å². The summed E-state index contributed by atoms with van der Waals surface area (Å²) in [6.07, 6.45) is 3.00. The van der Waals surface area contributed by atoms with E-state index in [1.165, 1.54) is 6.08 Å². The van der Waals surface area contributed by atoms with Crippen molar-refractivity contribution in [1.29, 1.82) is 0 Å². The zero-order valence-corrected chi connectivity index (χ0v) is 7.73. The fourth-order valence-electron chi connectivity index (χ4n) is 0.899. The van der Waals surface area contributed by atoms with Crippen LogP contribution in [-0.2, 0) is 4.79 Å². The molecule has 0 radical (unpaired) electrons. The minimum Gasteiger partial charge on any atom is -0.369 e. The quantitative estimate of drug-likeness (QED) is 0.724. The number of carbonyl (C=O) groups is 1. The number of primary amides is 1. The van der Waals surface area contributed by atoms with E-state index < -0.39 is 12.4 Å². The Kier molecular flexibility index (Phi) is 3.29. The van der Waals surface area contributed by atoms with Crippen LogP contribution in [0.3, 0.4) is 0 Å². The highest BCUT2D eigenvalue weighted by atomic mass is 16.1. The van der Waals surface area contributed by atoms with Crippen LogP contribution in [0.1, 0.15) is 8.30 Å². The van der Waals surface area contributed by atoms with E-state index in [-0.39, 0.29) is 6.54 Å². The SMILES string of the molecule is [2H]C([2H])(/C=C/c1ccccc1)NCC(N)=O. The monoisotopic (exact) mass is 192 g/mol. The zero-order chi connectivity index (χ0) is 12.0. The zero-order valence-electron chi connectivity index (χ0n) is 9.73. The first kappa shape index (κ1) is 7.76. The number of amides is 1. The molecule has 0 unspecified atom stereocenters. The topological polar surface area (TPSA) is 55.1 Å². The van der Waals surface area contributed by atoms with Crippen molar-refractivity contribution in [1.82, 2.24) is 5.32 Å². The summed E-state index contributed by atoms with van der Waals surface area (Å²) in [5.74, 6) is -0.586. The summed E-state index contributed by atoms with van der Waals surface area (Å²) < 4.78 is 15.1. The van der Waals surface area contributed by atoms with Gasteiger partial charge >= 0.3 is 0 Å². The summed E-state index contributed by atoms with van der Waals surface area (Å²) in [7, 11) is 0. The smallest absolute Gasteiger partial charge is 0.231 e. The van der Waals surface area contributed by atoms with Gasteiger partial charge in [0.2, 0.25) is 5.91 Å². The predicted octanol–water partition coefficient (Wildman–Crippen LogP) is 0.775. The maximum Gasteiger partial charge on any atom is 0.231 e. The van der Waals surface area contributed by atoms with Crippen molar-refractivity contribution >= 4 is 12.0 Å². The van der Waals surface area contributed by atoms with Crippen molar-refractivity contribution in [3.05, 3.63) is 42.0 Å². The number of rotatable bonds is 5. The summed E-state index contributed by atoms with van der Waals surface area (Å²) in [5, 5.41) is 2.40. The fraction of sp³-hybridized carbons (Fsp3) is 0.182. The molecule has 0 atom stereocenters. The summed E-state index contributed by atoms with van der Waals surface area (Å²) in [6.45, 7) is -1.93. The molecular formula is C11H14N2O. The summed E-state index contributed by atoms with van der Waals surface area (Å²) in [4.78, 5) is 10.5. The Hall–Kier alpha value is -1.61. The Morgan fingerprint density at radius 2 is 2.21 bits per heavy atom. The number of hydrogen-bond donors (Lipinski definition) is 2. The average molecular weight is 192 g/mol. The van der Waals surface area contributed by atoms with Crippen molar-refractivity contribution in [2.24, 2.45) is 5.73 Å². The van der Waals surface area contributed by atoms with Crippen LogP contribution >= 0.6 is 0 Å². The number of benzene rings is 1. The minimum absolute atomic E-state index is 0.188. The van der Waals surface area contributed by atoms with Crippen LogP contribution in [0.2, 0.25) is 0 Å². The molecule has 1 rings (SSSR count). The third-order valence-electron chi connectivity index (χ3n) is 1.52. The maximum atomic E-state index is 10.5. The minimum atomic E-state index is -1.75. The third kappa shape index (κ3) is 4.42. The van der Waals surface area contributed by atoms with Gasteiger partial charge in [0.25, 0.3) is 0 Å². The van der Waals surface area contributed by atoms with Gasteiger partial charge in [-0.3, -0.25) is 4.79 Å². The molecular weight excluding hydrogens is 176 g/mol. The highest BCUT2D eigenvalue weighted by Gasteiger charge is 1.88. The van der Waals surface area contributed by atoms with Gasteiger partial charge in [0.05, 0.1) is 6.54 Å². The molecule has 0 aliphatic heterocycles. The molecule has 1 aromatic carbocycles. The summed E-state index contributed by atoms with van der Waals surface area (Å²) in [6, 6.07) is 9.34. The van der Waals surface area contributed by atoms with Crippen LogP contribution in [0, 0.1) is 0 Å². The standard InChI is InChI=1S/C11H14N2O/c12-11(14)9-13-8-4-7-10-5-2-1-3-6-10/h1-7,13H,8-9H2,(H2,12,14)/b7-4+/i8D2. The van der Waals surface area contributed by atoms with E-state index in [2.05, 4.69) is 5.32 Å². The second-order valence-electron chi connectivity index (χ2n) is 2.71. The highest BCUT2D eigenvalue weighted by Crippen LogP contribution is 1.99. The van der Waals surface area contributed by atoms with Gasteiger partial charge in [0.15, 0.2) is 0 Å². The molecule has 0 saturated carbocycles. The van der Waals surface area contributed by atoms with Crippen LogP contribution in [0.4, 0.5) is 0 Å². The fourth-order valence-corrected chi connectivity index (χ4v) is 0.899. The molecule has 0 aliphatic rings. The van der Waals surface area contributed by atoms with E-state index in [4.69, 9.17) is 8.48 Å². The van der Waals surface area contributed by atoms with E-state index in [0.29, 0.717) is 0 Å². The largest absolute Gasteiger partial charge is 0.369 e. The molecule has 0 heterocycles. The van der Waals surface area contributed by atoms with Crippen LogP contribution < -0.4 is 11.1 Å². The van der Waals surface area contributed by atoms with Gasteiger partial charge in [0, 0.05) is 9.24 Å². The molecule has 0 saturated heterocycles. The van der Waals surface area contributed by atoms with E-state index in [0.717, 1.165) is 5.56 Å². The Labute approximate surface area is 86.4 Å². The lowest BCUT2D eigenvalue weighted by molar-refractivity contribution is -0.117. The van der Waals surface area contributed by atoms with E-state index in [1.807, 2.05) is 30.3 Å². The Morgan fingerprint density at radius 1 is 1.50 bits per heavy atom. The number of hydrogen-bond acceptors (Lipinski definition) is 2. The van der Waals surface area contributed by atoms with Crippen LogP contribution in [0.15, 0.2) is 36.4 Å². The summed E-state index contributed by atoms with van der Waals surface area (Å²) >= 11 is 0. The van der Waals surface area contributed by atoms with Crippen molar-refractivity contribution in [3.63, 3.8) is 0 Å². The Bertz CT molecular complexity index is 377. The highest BCUT2D eigenvalue weighted by molar-refractivity contribution is 5.75. The molecule has 3 nitrogen and oxygen atoms in total. The molecule has 3 N–H and O–H groups in total. The lowest BCUT2D eigenvalue weighted by Crippen LogP contribution is -2.28. The molecule has 3 heteroatoms. The maximum absolute atomic E-state index is 10.5. The molecule has 1 amide bonds. The van der Waals surface area contributed by atoms with Gasteiger partial charge < -0.3 is 11.1 Å². The van der Waals surface area contributed by atoms with Gasteiger partial charge in [-0.15, -0.1) is 0 Å². The molecule has 14 heavy (non-hydrogen) atoms. The first-order valence-corrected chi connectivity index (χ1v) is 4.27. The van der Waals surface area contributed by atoms with E-state index >= 15 is 0 Å². The second kappa shape index (κ2) is 5.94. The van der Waals surface area contributed by atoms with Crippen molar-refractivity contribution in [2.45, 2.75) is 0 Å². The third-order valence-corrected chi connectivity index (χ3v) is 1.52. The van der Waals surface area contributed by atoms with Crippen LogP contribution in [0.25, 0.3) is 6.08 Å². The van der Waals surface area contributed by atoms with Crippen LogP contribution in [-0.4, -0.2) is 18.9 Å². The molecule has 1 aromatic rings. The number of nitrogens with two attached hydrogens (primary N) is 1. The van der Waals surface area contributed by atoms with Crippen molar-refractivity contribution in [3.8, 4) is 0 Å². The molecule has 0 bridgehead atoms. The van der Waals surface area contributed by atoms with Crippen LogP contribution in [0.5, 0.6) is 0 Å². The average Bonchev–Trinajstić information content (AvgIpc) is 2.26.